The normalized spacial score (nSPS) is 22.3. The summed E-state index contributed by atoms with van der Waals surface area (Å²) in [4.78, 5) is 0. The van der Waals surface area contributed by atoms with E-state index in [1.165, 1.54) is 0 Å². The third-order valence-electron chi connectivity index (χ3n) is 3.71. The quantitative estimate of drug-likeness (QED) is 0.893. The molecular weight excluding hydrogens is 252 g/mol. The van der Waals surface area contributed by atoms with Crippen LogP contribution in [0.25, 0.3) is 0 Å². The summed E-state index contributed by atoms with van der Waals surface area (Å²) in [6.45, 7) is 2.60. The van der Waals surface area contributed by atoms with Crippen LogP contribution in [0.2, 0.25) is 0 Å². The van der Waals surface area contributed by atoms with E-state index in [4.69, 9.17) is 9.47 Å². The molecular formula is C14H17F2NO2. The van der Waals surface area contributed by atoms with Gasteiger partial charge in [-0.3, -0.25) is 0 Å². The Bertz CT molecular complexity index is 473. The highest BCUT2D eigenvalue weighted by Gasteiger charge is 2.26. The fourth-order valence-corrected chi connectivity index (χ4v) is 2.77. The molecule has 3 rings (SSSR count). The first-order valence-electron chi connectivity index (χ1n) is 6.73. The highest BCUT2D eigenvalue weighted by molar-refractivity contribution is 5.49. The van der Waals surface area contributed by atoms with Crippen LogP contribution < -0.4 is 14.8 Å². The van der Waals surface area contributed by atoms with E-state index in [-0.39, 0.29) is 0 Å². The smallest absolute Gasteiger partial charge is 0.167 e. The molecule has 1 N–H and O–H groups in total. The first kappa shape index (κ1) is 12.7. The first-order chi connectivity index (χ1) is 9.25. The number of nitrogens with one attached hydrogen (secondary N) is 1. The second-order valence-corrected chi connectivity index (χ2v) is 5.09. The van der Waals surface area contributed by atoms with Crippen molar-refractivity contribution in [2.45, 2.75) is 19.3 Å². The van der Waals surface area contributed by atoms with Crippen molar-refractivity contribution in [2.75, 3.05) is 26.3 Å². The van der Waals surface area contributed by atoms with Gasteiger partial charge in [0, 0.05) is 11.6 Å². The molecule has 0 radical (unpaired) electrons. The predicted molar refractivity (Wildman–Crippen MR) is 66.6 cm³/mol. The van der Waals surface area contributed by atoms with Crippen molar-refractivity contribution >= 4 is 0 Å². The van der Waals surface area contributed by atoms with Gasteiger partial charge in [-0.15, -0.1) is 0 Å². The molecule has 1 aromatic carbocycles. The third kappa shape index (κ3) is 2.52. The van der Waals surface area contributed by atoms with E-state index < -0.39 is 11.6 Å². The molecule has 19 heavy (non-hydrogen) atoms. The van der Waals surface area contributed by atoms with E-state index in [1.54, 1.807) is 0 Å². The van der Waals surface area contributed by atoms with Gasteiger partial charge in [0.15, 0.2) is 23.1 Å². The van der Waals surface area contributed by atoms with Crippen LogP contribution in [-0.4, -0.2) is 26.3 Å². The van der Waals surface area contributed by atoms with Gasteiger partial charge in [0.2, 0.25) is 0 Å². The fourth-order valence-electron chi connectivity index (χ4n) is 2.77. The van der Waals surface area contributed by atoms with Gasteiger partial charge < -0.3 is 14.8 Å². The molecule has 2 aliphatic heterocycles. The maximum absolute atomic E-state index is 14.0. The second-order valence-electron chi connectivity index (χ2n) is 5.09. The van der Waals surface area contributed by atoms with Gasteiger partial charge in [-0.05, 0) is 38.3 Å². The van der Waals surface area contributed by atoms with Crippen molar-refractivity contribution in [3.05, 3.63) is 23.3 Å². The van der Waals surface area contributed by atoms with Gasteiger partial charge in [-0.1, -0.05) is 0 Å². The minimum atomic E-state index is -0.858. The predicted octanol–water partition coefficient (Wildman–Crippen LogP) is 2.28. The number of piperidine rings is 1. The second kappa shape index (κ2) is 5.33. The number of ether oxygens (including phenoxy) is 2. The zero-order valence-electron chi connectivity index (χ0n) is 10.7. The Morgan fingerprint density at radius 2 is 2.11 bits per heavy atom. The highest BCUT2D eigenvalue weighted by atomic mass is 19.2. The molecule has 0 aromatic heterocycles. The SMILES string of the molecule is Fc1cc2c(c(CC3CCCNC3)c1F)OCCO2. The maximum atomic E-state index is 14.0. The summed E-state index contributed by atoms with van der Waals surface area (Å²) >= 11 is 0. The lowest BCUT2D eigenvalue weighted by atomic mass is 9.91. The number of hydrogen-bond acceptors (Lipinski definition) is 3. The molecule has 0 bridgehead atoms. The molecule has 0 spiro atoms. The van der Waals surface area contributed by atoms with Crippen molar-refractivity contribution < 1.29 is 18.3 Å². The van der Waals surface area contributed by atoms with E-state index in [2.05, 4.69) is 5.32 Å². The Hall–Kier alpha value is -1.36. The molecule has 1 aromatic rings. The van der Waals surface area contributed by atoms with Crippen LogP contribution in [0.3, 0.4) is 0 Å². The summed E-state index contributed by atoms with van der Waals surface area (Å²) in [6, 6.07) is 1.08. The maximum Gasteiger partial charge on any atom is 0.167 e. The lowest BCUT2D eigenvalue weighted by Gasteiger charge is -2.26. The lowest BCUT2D eigenvalue weighted by Crippen LogP contribution is -2.31. The summed E-state index contributed by atoms with van der Waals surface area (Å²) in [5.74, 6) is -0.628. The van der Waals surface area contributed by atoms with E-state index >= 15 is 0 Å². The highest BCUT2D eigenvalue weighted by Crippen LogP contribution is 2.38. The van der Waals surface area contributed by atoms with Crippen molar-refractivity contribution in [1.29, 1.82) is 0 Å². The molecule has 0 aliphatic carbocycles. The number of fused-ring (bicyclic) bond motifs is 1. The zero-order valence-corrected chi connectivity index (χ0v) is 10.7. The van der Waals surface area contributed by atoms with Crippen LogP contribution in [-0.2, 0) is 6.42 Å². The number of benzene rings is 1. The van der Waals surface area contributed by atoms with Crippen LogP contribution in [0.5, 0.6) is 11.5 Å². The topological polar surface area (TPSA) is 30.5 Å². The molecule has 2 aliphatic rings. The van der Waals surface area contributed by atoms with E-state index in [0.717, 1.165) is 32.0 Å². The summed E-state index contributed by atoms with van der Waals surface area (Å²) in [7, 11) is 0. The van der Waals surface area contributed by atoms with E-state index in [1.807, 2.05) is 0 Å². The molecule has 2 heterocycles. The number of hydrogen-bond donors (Lipinski definition) is 1. The molecule has 104 valence electrons. The van der Waals surface area contributed by atoms with E-state index in [0.29, 0.717) is 42.6 Å². The zero-order chi connectivity index (χ0) is 13.2. The van der Waals surface area contributed by atoms with Gasteiger partial charge in [0.25, 0.3) is 0 Å². The van der Waals surface area contributed by atoms with Crippen LogP contribution >= 0.6 is 0 Å². The molecule has 0 saturated carbocycles. The molecule has 3 nitrogen and oxygen atoms in total. The fraction of sp³-hybridized carbons (Fsp3) is 0.571. The van der Waals surface area contributed by atoms with Gasteiger partial charge in [-0.2, -0.15) is 0 Å². The Labute approximate surface area is 110 Å². The first-order valence-corrected chi connectivity index (χ1v) is 6.73. The average molecular weight is 269 g/mol. The minimum absolute atomic E-state index is 0.319. The van der Waals surface area contributed by atoms with Gasteiger partial charge in [0.05, 0.1) is 0 Å². The Kier molecular flexibility index (Phi) is 3.55. The van der Waals surface area contributed by atoms with Crippen molar-refractivity contribution in [3.63, 3.8) is 0 Å². The van der Waals surface area contributed by atoms with Crippen LogP contribution in [0.15, 0.2) is 6.07 Å². The number of halogens is 2. The van der Waals surface area contributed by atoms with Gasteiger partial charge in [-0.25, -0.2) is 8.78 Å². The van der Waals surface area contributed by atoms with Gasteiger partial charge >= 0.3 is 0 Å². The van der Waals surface area contributed by atoms with Crippen molar-refractivity contribution in [3.8, 4) is 11.5 Å². The van der Waals surface area contributed by atoms with E-state index in [9.17, 15) is 8.78 Å². The Morgan fingerprint density at radius 1 is 1.26 bits per heavy atom. The largest absolute Gasteiger partial charge is 0.486 e. The Balaban J connectivity index is 1.91. The summed E-state index contributed by atoms with van der Waals surface area (Å²) < 4.78 is 38.4. The van der Waals surface area contributed by atoms with Crippen LogP contribution in [0.1, 0.15) is 18.4 Å². The third-order valence-corrected chi connectivity index (χ3v) is 3.71. The van der Waals surface area contributed by atoms with Crippen LogP contribution in [0.4, 0.5) is 8.78 Å². The molecule has 0 amide bonds. The summed E-state index contributed by atoms with van der Waals surface area (Å²) in [6.07, 6.45) is 2.59. The standard InChI is InChI=1S/C14H17F2NO2/c15-11-7-12-14(19-5-4-18-12)10(13(11)16)6-9-2-1-3-17-8-9/h7,9,17H,1-6,8H2. The minimum Gasteiger partial charge on any atom is -0.486 e. The molecule has 5 heteroatoms. The lowest BCUT2D eigenvalue weighted by molar-refractivity contribution is 0.166. The molecule has 1 fully saturated rings. The summed E-state index contributed by atoms with van der Waals surface area (Å²) in [5.41, 5.74) is 0.323. The van der Waals surface area contributed by atoms with Crippen molar-refractivity contribution in [2.24, 2.45) is 5.92 Å². The number of rotatable bonds is 2. The average Bonchev–Trinajstić information content (AvgIpc) is 2.45. The molecule has 1 saturated heterocycles. The van der Waals surface area contributed by atoms with Crippen molar-refractivity contribution in [1.82, 2.24) is 5.32 Å². The monoisotopic (exact) mass is 269 g/mol. The molecule has 1 unspecified atom stereocenters. The Morgan fingerprint density at radius 3 is 2.89 bits per heavy atom. The van der Waals surface area contributed by atoms with Crippen LogP contribution in [0, 0.1) is 17.6 Å². The summed E-state index contributed by atoms with van der Waals surface area (Å²) in [5, 5.41) is 3.28. The molecule has 1 atom stereocenters. The van der Waals surface area contributed by atoms with Gasteiger partial charge in [0.1, 0.15) is 13.2 Å².